The van der Waals surface area contributed by atoms with Crippen molar-refractivity contribution < 1.29 is 22.6 Å². The lowest BCUT2D eigenvalue weighted by molar-refractivity contribution is -0.384. The molecule has 3 heterocycles. The Bertz CT molecular complexity index is 1620. The summed E-state index contributed by atoms with van der Waals surface area (Å²) >= 11 is 0.710. The summed E-state index contributed by atoms with van der Waals surface area (Å²) in [5, 5.41) is 19.2. The van der Waals surface area contributed by atoms with E-state index in [4.69, 9.17) is 9.83 Å². The molecule has 0 spiro atoms. The van der Waals surface area contributed by atoms with Crippen LogP contribution in [0.15, 0.2) is 86.1 Å². The van der Waals surface area contributed by atoms with E-state index in [1.807, 2.05) is 0 Å². The Morgan fingerprint density at radius 1 is 1.11 bits per heavy atom. The summed E-state index contributed by atoms with van der Waals surface area (Å²) < 4.78 is 35.9. The molecule has 11 nitrogen and oxygen atoms in total. The number of furan rings is 1. The Labute approximate surface area is 208 Å². The molecule has 180 valence electrons. The fourth-order valence-corrected chi connectivity index (χ4v) is 6.02. The number of sulfone groups is 1. The molecule has 0 saturated carbocycles. The monoisotopic (exact) mass is 521 g/mol. The fourth-order valence-electron chi connectivity index (χ4n) is 3.56. The van der Waals surface area contributed by atoms with Gasteiger partial charge in [0.15, 0.2) is 0 Å². The van der Waals surface area contributed by atoms with Gasteiger partial charge in [0.2, 0.25) is 20.2 Å². The molecule has 0 bridgehead atoms. The van der Waals surface area contributed by atoms with Crippen molar-refractivity contribution in [2.75, 3.05) is 0 Å². The highest BCUT2D eigenvalue weighted by Gasteiger charge is 2.42. The lowest BCUT2D eigenvalue weighted by Gasteiger charge is -2.24. The number of benzene rings is 2. The van der Waals surface area contributed by atoms with Crippen molar-refractivity contribution in [2.45, 2.75) is 5.75 Å². The third-order valence-electron chi connectivity index (χ3n) is 5.23. The van der Waals surface area contributed by atoms with Crippen LogP contribution in [0, 0.1) is 15.5 Å². The highest BCUT2D eigenvalue weighted by Crippen LogP contribution is 2.32. The first-order valence-corrected chi connectivity index (χ1v) is 12.8. The van der Waals surface area contributed by atoms with E-state index in [0.717, 1.165) is 4.90 Å². The number of amidine groups is 3. The van der Waals surface area contributed by atoms with Crippen LogP contribution in [0.2, 0.25) is 0 Å². The van der Waals surface area contributed by atoms with E-state index in [-0.39, 0.29) is 33.1 Å². The summed E-state index contributed by atoms with van der Waals surface area (Å²) in [6, 6.07) is 17.5. The van der Waals surface area contributed by atoms with Gasteiger partial charge in [-0.25, -0.2) is 13.3 Å². The van der Waals surface area contributed by atoms with Crippen LogP contribution >= 0.6 is 11.9 Å². The number of non-ortho nitro benzene ring substituents is 1. The predicted octanol–water partition coefficient (Wildman–Crippen LogP) is 4.05. The molecule has 2 aliphatic rings. The van der Waals surface area contributed by atoms with E-state index in [2.05, 4.69) is 9.39 Å². The third kappa shape index (κ3) is 4.36. The quantitative estimate of drug-likeness (QED) is 0.228. The maximum Gasteiger partial charge on any atom is 0.283 e. The van der Waals surface area contributed by atoms with Gasteiger partial charge in [0.05, 0.1) is 28.2 Å². The van der Waals surface area contributed by atoms with Gasteiger partial charge in [0, 0.05) is 17.7 Å². The zero-order valence-electron chi connectivity index (χ0n) is 18.2. The minimum Gasteiger partial charge on any atom is -0.457 e. The van der Waals surface area contributed by atoms with Crippen LogP contribution in [-0.4, -0.2) is 40.3 Å². The number of nitro groups is 1. The van der Waals surface area contributed by atoms with Crippen LogP contribution in [0.3, 0.4) is 0 Å². The van der Waals surface area contributed by atoms with Crippen LogP contribution in [-0.2, 0) is 20.4 Å². The second-order valence-corrected chi connectivity index (χ2v) is 10.3. The molecule has 0 aliphatic carbocycles. The number of aliphatic imine (C=N–C) groups is 1. The molecule has 2 aromatic carbocycles. The fraction of sp³-hybridized carbons (Fsp3) is 0.0435. The maximum absolute atomic E-state index is 13.1. The van der Waals surface area contributed by atoms with Crippen molar-refractivity contribution in [1.29, 1.82) is 5.41 Å². The number of fused-ring (bicyclic) bond motifs is 1. The largest absolute Gasteiger partial charge is 0.457 e. The summed E-state index contributed by atoms with van der Waals surface area (Å²) in [4.78, 5) is 28.1. The van der Waals surface area contributed by atoms with Gasteiger partial charge in [-0.1, -0.05) is 42.5 Å². The Morgan fingerprint density at radius 2 is 1.89 bits per heavy atom. The minimum atomic E-state index is -3.96. The van der Waals surface area contributed by atoms with Gasteiger partial charge in [-0.05, 0) is 23.8 Å². The topological polar surface area (TPSA) is 159 Å². The number of nitrogens with zero attached hydrogens (tertiary/aromatic N) is 4. The van der Waals surface area contributed by atoms with Gasteiger partial charge in [-0.2, -0.15) is 9.39 Å². The average molecular weight is 522 g/mol. The highest BCUT2D eigenvalue weighted by atomic mass is 32.2. The van der Waals surface area contributed by atoms with Crippen LogP contribution in [0.5, 0.6) is 0 Å². The van der Waals surface area contributed by atoms with Gasteiger partial charge in [0.25, 0.3) is 11.6 Å². The summed E-state index contributed by atoms with van der Waals surface area (Å²) in [7, 11) is -3.96. The van der Waals surface area contributed by atoms with Crippen molar-refractivity contribution in [3.05, 3.63) is 93.7 Å². The first-order valence-electron chi connectivity index (χ1n) is 10.3. The Balaban J connectivity index is 1.44. The zero-order chi connectivity index (χ0) is 25.4. The molecule has 0 fully saturated rings. The first-order chi connectivity index (χ1) is 17.2. The predicted molar refractivity (Wildman–Crippen MR) is 135 cm³/mol. The molecule has 1 N–H and O–H groups in total. The summed E-state index contributed by atoms with van der Waals surface area (Å²) in [6.07, 6.45) is 1.27. The summed E-state index contributed by atoms with van der Waals surface area (Å²) in [5.74, 6) is -0.987. The van der Waals surface area contributed by atoms with Gasteiger partial charge < -0.3 is 4.42 Å². The van der Waals surface area contributed by atoms with Crippen molar-refractivity contribution in [3.63, 3.8) is 0 Å². The lowest BCUT2D eigenvalue weighted by atomic mass is 10.1. The Kier molecular flexibility index (Phi) is 5.86. The maximum atomic E-state index is 13.1. The Morgan fingerprint density at radius 3 is 2.64 bits per heavy atom. The van der Waals surface area contributed by atoms with E-state index in [0.29, 0.717) is 28.8 Å². The first kappa shape index (κ1) is 23.4. The van der Waals surface area contributed by atoms with Crippen molar-refractivity contribution >= 4 is 55.6 Å². The molecule has 5 rings (SSSR count). The van der Waals surface area contributed by atoms with Gasteiger partial charge in [0.1, 0.15) is 17.4 Å². The molecule has 1 aromatic heterocycles. The molecule has 0 saturated heterocycles. The second-order valence-electron chi connectivity index (χ2n) is 7.66. The smallest absolute Gasteiger partial charge is 0.283 e. The molecule has 13 heteroatoms. The zero-order valence-corrected chi connectivity index (χ0v) is 19.8. The van der Waals surface area contributed by atoms with Gasteiger partial charge in [-0.15, -0.1) is 0 Å². The van der Waals surface area contributed by atoms with Crippen LogP contribution in [0.1, 0.15) is 11.3 Å². The van der Waals surface area contributed by atoms with Crippen LogP contribution in [0.4, 0.5) is 5.69 Å². The molecule has 36 heavy (non-hydrogen) atoms. The van der Waals surface area contributed by atoms with E-state index in [9.17, 15) is 23.3 Å². The lowest BCUT2D eigenvalue weighted by Crippen LogP contribution is -2.45. The van der Waals surface area contributed by atoms with Gasteiger partial charge in [-0.3, -0.25) is 20.3 Å². The number of rotatable bonds is 5. The van der Waals surface area contributed by atoms with E-state index >= 15 is 0 Å². The molecule has 0 radical (unpaired) electrons. The number of nitrogens with one attached hydrogen (secondary N) is 1. The van der Waals surface area contributed by atoms with Crippen molar-refractivity contribution in [3.8, 4) is 11.3 Å². The van der Waals surface area contributed by atoms with E-state index < -0.39 is 26.5 Å². The SMILES string of the molecule is N=C1/C(=C/c2ccc(-c3cccc([N+](=O)[O-])c3)o2)C(=O)N=C2SN=C(S(=O)(=O)Cc3ccccc3)N12. The van der Waals surface area contributed by atoms with Gasteiger partial charge >= 0.3 is 0 Å². The second kappa shape index (κ2) is 9.02. The molecule has 2 aliphatic heterocycles. The molecule has 0 unspecified atom stereocenters. The number of hydrogen-bond acceptors (Lipinski definition) is 9. The molecule has 3 aromatic rings. The summed E-state index contributed by atoms with van der Waals surface area (Å²) in [5.41, 5.74) is 0.709. The van der Waals surface area contributed by atoms with E-state index in [1.54, 1.807) is 42.5 Å². The molecule has 1 amide bonds. The Hall–Kier alpha value is -4.36. The van der Waals surface area contributed by atoms with Crippen LogP contribution < -0.4 is 0 Å². The van der Waals surface area contributed by atoms with Crippen molar-refractivity contribution in [2.24, 2.45) is 9.39 Å². The number of nitro benzene ring substituents is 1. The average Bonchev–Trinajstić information content (AvgIpc) is 3.50. The molecular weight excluding hydrogens is 506 g/mol. The number of hydrogen-bond donors (Lipinski definition) is 1. The highest BCUT2D eigenvalue weighted by molar-refractivity contribution is 8.16. The van der Waals surface area contributed by atoms with Crippen molar-refractivity contribution in [1.82, 2.24) is 4.90 Å². The molecule has 0 atom stereocenters. The molecular formula is C23H15N5O6S2. The van der Waals surface area contributed by atoms with Crippen LogP contribution in [0.25, 0.3) is 17.4 Å². The van der Waals surface area contributed by atoms with E-state index in [1.165, 1.54) is 30.3 Å². The minimum absolute atomic E-state index is 0.0227. The normalized spacial score (nSPS) is 16.7. The number of carbonyl (C=O) groups excluding carboxylic acids is 1. The summed E-state index contributed by atoms with van der Waals surface area (Å²) in [6.45, 7) is 0. The third-order valence-corrected chi connectivity index (χ3v) is 7.59. The standard InChI is InChI=1S/C23H15N5O6S2/c24-20-18(12-17-9-10-19(34-17)15-7-4-8-16(11-15)28(30)31)21(29)25-22-27(20)23(26-35-22)36(32,33)13-14-5-2-1-3-6-14/h1-12,24H,13H2/b18-12-,24-20?. The number of amides is 1. The number of carbonyl (C=O) groups is 1.